The molecule has 0 saturated heterocycles. The van der Waals surface area contributed by atoms with Crippen LogP contribution >= 0.6 is 0 Å². The van der Waals surface area contributed by atoms with Crippen molar-refractivity contribution in [2.24, 2.45) is 0 Å². The summed E-state index contributed by atoms with van der Waals surface area (Å²) in [6, 6.07) is 0. The second-order valence-electron chi connectivity index (χ2n) is 7.82. The van der Waals surface area contributed by atoms with Gasteiger partial charge >= 0.3 is 0 Å². The first-order valence-electron chi connectivity index (χ1n) is 11.2. The summed E-state index contributed by atoms with van der Waals surface area (Å²) in [6.45, 7) is 3.77. The maximum Gasteiger partial charge on any atom is 0.140 e. The van der Waals surface area contributed by atoms with Gasteiger partial charge in [0.15, 0.2) is 0 Å². The predicted molar refractivity (Wildman–Crippen MR) is 109 cm³/mol. The zero-order chi connectivity index (χ0) is 18.6. The quantitative estimate of drug-likeness (QED) is 0.167. The fraction of sp³-hybridized carbons (Fsp3) is 0.913. The topological polar surface area (TPSA) is 34.1 Å². The van der Waals surface area contributed by atoms with Crippen LogP contribution in [0.2, 0.25) is 0 Å². The molecule has 0 amide bonds. The van der Waals surface area contributed by atoms with Crippen LogP contribution in [0.1, 0.15) is 136 Å². The average Bonchev–Trinajstić information content (AvgIpc) is 2.57. The number of hydrogen-bond donors (Lipinski definition) is 0. The highest BCUT2D eigenvalue weighted by atomic mass is 16.1. The Balaban J connectivity index is 3.07. The molecule has 25 heavy (non-hydrogen) atoms. The molecule has 0 spiro atoms. The van der Waals surface area contributed by atoms with Crippen LogP contribution in [0.25, 0.3) is 0 Å². The summed E-state index contributed by atoms with van der Waals surface area (Å²) >= 11 is 0. The minimum atomic E-state index is -0.00280. The smallest absolute Gasteiger partial charge is 0.140 e. The number of carbonyl (C=O) groups is 2. The summed E-state index contributed by atoms with van der Waals surface area (Å²) in [4.78, 5) is 22.2. The summed E-state index contributed by atoms with van der Waals surface area (Å²) in [5.41, 5.74) is 0. The SMILES string of the molecule is CCCCCCCCCCCCCCCCCCCC(=O)CC(C)=O. The first-order chi connectivity index (χ1) is 12.2. The lowest BCUT2D eigenvalue weighted by Crippen LogP contribution is -2.03. The van der Waals surface area contributed by atoms with E-state index in [4.69, 9.17) is 0 Å². The molecule has 0 atom stereocenters. The number of unbranched alkanes of at least 4 members (excludes halogenated alkanes) is 16. The molecule has 0 aliphatic heterocycles. The molecule has 0 N–H and O–H groups in total. The van der Waals surface area contributed by atoms with Gasteiger partial charge in [0.05, 0.1) is 6.42 Å². The molecule has 0 unspecified atom stereocenters. The lowest BCUT2D eigenvalue weighted by molar-refractivity contribution is -0.125. The van der Waals surface area contributed by atoms with E-state index in [1.54, 1.807) is 0 Å². The second-order valence-corrected chi connectivity index (χ2v) is 7.82. The van der Waals surface area contributed by atoms with Crippen molar-refractivity contribution < 1.29 is 9.59 Å². The molecule has 0 aromatic carbocycles. The molecule has 0 aromatic rings. The van der Waals surface area contributed by atoms with Gasteiger partial charge in [0.25, 0.3) is 0 Å². The van der Waals surface area contributed by atoms with E-state index in [0.717, 1.165) is 12.8 Å². The molecule has 0 heterocycles. The fourth-order valence-corrected chi connectivity index (χ4v) is 3.41. The molecule has 2 heteroatoms. The van der Waals surface area contributed by atoms with Crippen LogP contribution in [0.4, 0.5) is 0 Å². The Labute approximate surface area is 157 Å². The number of carbonyl (C=O) groups excluding carboxylic acids is 2. The third-order valence-corrected chi connectivity index (χ3v) is 5.01. The van der Waals surface area contributed by atoms with Crippen molar-refractivity contribution in [1.29, 1.82) is 0 Å². The zero-order valence-corrected chi connectivity index (χ0v) is 17.3. The monoisotopic (exact) mass is 352 g/mol. The van der Waals surface area contributed by atoms with E-state index in [9.17, 15) is 9.59 Å². The van der Waals surface area contributed by atoms with E-state index < -0.39 is 0 Å². The van der Waals surface area contributed by atoms with Crippen LogP contribution < -0.4 is 0 Å². The average molecular weight is 353 g/mol. The minimum absolute atomic E-state index is 0.00280. The Morgan fingerprint density at radius 2 is 0.840 bits per heavy atom. The van der Waals surface area contributed by atoms with Crippen LogP contribution in [0.3, 0.4) is 0 Å². The molecule has 0 bridgehead atoms. The third-order valence-electron chi connectivity index (χ3n) is 5.01. The lowest BCUT2D eigenvalue weighted by Gasteiger charge is -2.03. The van der Waals surface area contributed by atoms with Crippen LogP contribution in [0.5, 0.6) is 0 Å². The van der Waals surface area contributed by atoms with Gasteiger partial charge in [-0.1, -0.05) is 110 Å². The predicted octanol–water partition coefficient (Wildman–Crippen LogP) is 7.58. The van der Waals surface area contributed by atoms with Crippen molar-refractivity contribution in [1.82, 2.24) is 0 Å². The largest absolute Gasteiger partial charge is 0.300 e. The third kappa shape index (κ3) is 21.3. The summed E-state index contributed by atoms with van der Waals surface area (Å²) < 4.78 is 0. The maximum absolute atomic E-state index is 11.4. The van der Waals surface area contributed by atoms with Gasteiger partial charge in [-0.2, -0.15) is 0 Å². The van der Waals surface area contributed by atoms with Crippen molar-refractivity contribution in [3.05, 3.63) is 0 Å². The highest BCUT2D eigenvalue weighted by Crippen LogP contribution is 2.14. The van der Waals surface area contributed by atoms with Gasteiger partial charge in [0.1, 0.15) is 11.6 Å². The molecule has 0 saturated carbocycles. The second kappa shape index (κ2) is 19.7. The van der Waals surface area contributed by atoms with E-state index >= 15 is 0 Å². The molecular weight excluding hydrogens is 308 g/mol. The standard InChI is InChI=1S/C23H44O2/c1-3-4-5-6-7-8-9-10-11-12-13-14-15-16-17-18-19-20-23(25)21-22(2)24/h3-21H2,1-2H3. The van der Waals surface area contributed by atoms with E-state index in [0.29, 0.717) is 6.42 Å². The Morgan fingerprint density at radius 3 is 1.16 bits per heavy atom. The molecule has 0 aliphatic rings. The summed E-state index contributed by atoms with van der Waals surface area (Å²) in [6.07, 6.45) is 23.7. The number of Topliss-reactive ketones (excluding diaryl/α,β-unsaturated/α-hetero) is 2. The summed E-state index contributed by atoms with van der Waals surface area (Å²) in [5.74, 6) is 0.116. The van der Waals surface area contributed by atoms with Gasteiger partial charge in [0.2, 0.25) is 0 Å². The number of rotatable bonds is 20. The molecule has 0 aliphatic carbocycles. The normalized spacial score (nSPS) is 11.0. The van der Waals surface area contributed by atoms with Crippen LogP contribution in [0.15, 0.2) is 0 Å². The van der Waals surface area contributed by atoms with Gasteiger partial charge in [-0.3, -0.25) is 9.59 Å². The molecular formula is C23H44O2. The maximum atomic E-state index is 11.4. The molecule has 0 radical (unpaired) electrons. The van der Waals surface area contributed by atoms with Gasteiger partial charge in [-0.05, 0) is 13.3 Å². The number of hydrogen-bond acceptors (Lipinski definition) is 2. The molecule has 0 rings (SSSR count). The van der Waals surface area contributed by atoms with E-state index in [1.807, 2.05) is 0 Å². The van der Waals surface area contributed by atoms with Crippen molar-refractivity contribution in [3.63, 3.8) is 0 Å². The molecule has 2 nitrogen and oxygen atoms in total. The Bertz CT molecular complexity index is 309. The van der Waals surface area contributed by atoms with E-state index in [2.05, 4.69) is 6.92 Å². The lowest BCUT2D eigenvalue weighted by atomic mass is 10.0. The van der Waals surface area contributed by atoms with Crippen LogP contribution in [-0.2, 0) is 9.59 Å². The number of ketones is 2. The van der Waals surface area contributed by atoms with Crippen molar-refractivity contribution >= 4 is 11.6 Å². The summed E-state index contributed by atoms with van der Waals surface area (Å²) in [5, 5.41) is 0. The first kappa shape index (κ1) is 24.3. The van der Waals surface area contributed by atoms with Crippen molar-refractivity contribution in [2.75, 3.05) is 0 Å². The van der Waals surface area contributed by atoms with E-state index in [-0.39, 0.29) is 18.0 Å². The Kier molecular flexibility index (Phi) is 19.1. The van der Waals surface area contributed by atoms with Gasteiger partial charge in [0, 0.05) is 6.42 Å². The van der Waals surface area contributed by atoms with Crippen molar-refractivity contribution in [3.8, 4) is 0 Å². The Morgan fingerprint density at radius 1 is 0.520 bits per heavy atom. The molecule has 148 valence electrons. The van der Waals surface area contributed by atoms with Crippen molar-refractivity contribution in [2.45, 2.75) is 136 Å². The first-order valence-corrected chi connectivity index (χ1v) is 11.2. The molecule has 0 fully saturated rings. The highest BCUT2D eigenvalue weighted by molar-refractivity contribution is 5.97. The fourth-order valence-electron chi connectivity index (χ4n) is 3.41. The minimum Gasteiger partial charge on any atom is -0.300 e. The molecule has 0 aromatic heterocycles. The van der Waals surface area contributed by atoms with Crippen LogP contribution in [0, 0.1) is 0 Å². The highest BCUT2D eigenvalue weighted by Gasteiger charge is 2.04. The van der Waals surface area contributed by atoms with Gasteiger partial charge in [-0.25, -0.2) is 0 Å². The van der Waals surface area contributed by atoms with Gasteiger partial charge < -0.3 is 0 Å². The van der Waals surface area contributed by atoms with Gasteiger partial charge in [-0.15, -0.1) is 0 Å². The van der Waals surface area contributed by atoms with E-state index in [1.165, 1.54) is 103 Å². The van der Waals surface area contributed by atoms with Crippen LogP contribution in [-0.4, -0.2) is 11.6 Å². The zero-order valence-electron chi connectivity index (χ0n) is 17.3. The Hall–Kier alpha value is -0.660. The summed E-state index contributed by atoms with van der Waals surface area (Å²) in [7, 11) is 0.